The molecule has 1 rings (SSSR count). The molecule has 0 fully saturated rings. The van der Waals surface area contributed by atoms with E-state index in [0.29, 0.717) is 6.16 Å². The van der Waals surface area contributed by atoms with Gasteiger partial charge in [-0.1, -0.05) is 12.0 Å². The molecule has 0 saturated carbocycles. The SMILES string of the molecule is C#CC1C=CCP(C)(=O)O1. The molecule has 2 atom stereocenters. The monoisotopic (exact) mass is 156 g/mol. The summed E-state index contributed by atoms with van der Waals surface area (Å²) in [6, 6.07) is 0. The van der Waals surface area contributed by atoms with Gasteiger partial charge < -0.3 is 4.52 Å². The summed E-state index contributed by atoms with van der Waals surface area (Å²) in [7, 11) is -2.39. The molecule has 1 aliphatic rings. The van der Waals surface area contributed by atoms with Crippen molar-refractivity contribution in [2.75, 3.05) is 12.8 Å². The van der Waals surface area contributed by atoms with E-state index < -0.39 is 7.37 Å². The van der Waals surface area contributed by atoms with Crippen LogP contribution in [0.3, 0.4) is 0 Å². The predicted molar refractivity (Wildman–Crippen MR) is 41.2 cm³/mol. The van der Waals surface area contributed by atoms with Gasteiger partial charge in [0, 0.05) is 12.8 Å². The van der Waals surface area contributed by atoms with Crippen molar-refractivity contribution >= 4 is 7.37 Å². The quantitative estimate of drug-likeness (QED) is 0.301. The van der Waals surface area contributed by atoms with Crippen molar-refractivity contribution in [3.8, 4) is 12.3 Å². The molecular weight excluding hydrogens is 147 g/mol. The number of hydrogen-bond donors (Lipinski definition) is 0. The van der Waals surface area contributed by atoms with Crippen molar-refractivity contribution in [1.82, 2.24) is 0 Å². The Morgan fingerprint density at radius 2 is 2.60 bits per heavy atom. The Balaban J connectivity index is 2.75. The second kappa shape index (κ2) is 2.62. The first-order chi connectivity index (χ1) is 4.64. The molecule has 0 spiro atoms. The fourth-order valence-electron chi connectivity index (χ4n) is 0.780. The summed E-state index contributed by atoms with van der Waals surface area (Å²) in [5.74, 6) is 2.38. The standard InChI is InChI=1S/C7H9O2P/c1-3-7-5-4-6-10(2,8)9-7/h1,4-5,7H,6H2,2H3. The van der Waals surface area contributed by atoms with Crippen LogP contribution in [0.15, 0.2) is 12.2 Å². The molecule has 0 radical (unpaired) electrons. The Morgan fingerprint density at radius 3 is 3.00 bits per heavy atom. The lowest BCUT2D eigenvalue weighted by Crippen LogP contribution is -2.10. The Labute approximate surface area is 60.7 Å². The highest BCUT2D eigenvalue weighted by atomic mass is 31.2. The van der Waals surface area contributed by atoms with Crippen LogP contribution in [0.1, 0.15) is 0 Å². The van der Waals surface area contributed by atoms with Gasteiger partial charge >= 0.3 is 0 Å². The molecule has 0 aromatic rings. The zero-order valence-electron chi connectivity index (χ0n) is 5.78. The molecule has 2 nitrogen and oxygen atoms in total. The van der Waals surface area contributed by atoms with Crippen molar-refractivity contribution in [2.45, 2.75) is 6.10 Å². The molecule has 0 aliphatic carbocycles. The molecule has 54 valence electrons. The number of hydrogen-bond acceptors (Lipinski definition) is 2. The normalized spacial score (nSPS) is 39.0. The average molecular weight is 156 g/mol. The van der Waals surface area contributed by atoms with Gasteiger partial charge in [-0.3, -0.25) is 4.57 Å². The van der Waals surface area contributed by atoms with Crippen LogP contribution in [0, 0.1) is 12.3 Å². The zero-order valence-corrected chi connectivity index (χ0v) is 6.67. The van der Waals surface area contributed by atoms with Crippen molar-refractivity contribution in [2.24, 2.45) is 0 Å². The Hall–Kier alpha value is -0.510. The van der Waals surface area contributed by atoms with Crippen LogP contribution in [0.2, 0.25) is 0 Å². The summed E-state index contributed by atoms with van der Waals surface area (Å²) < 4.78 is 16.3. The molecule has 1 aliphatic heterocycles. The fourth-order valence-corrected chi connectivity index (χ4v) is 1.98. The summed E-state index contributed by atoms with van der Waals surface area (Å²) in [5.41, 5.74) is 0. The maximum Gasteiger partial charge on any atom is 0.205 e. The highest BCUT2D eigenvalue weighted by molar-refractivity contribution is 7.58. The minimum absolute atomic E-state index is 0.385. The van der Waals surface area contributed by atoms with Gasteiger partial charge in [0.25, 0.3) is 0 Å². The fraction of sp³-hybridized carbons (Fsp3) is 0.429. The van der Waals surface area contributed by atoms with E-state index in [1.165, 1.54) is 0 Å². The van der Waals surface area contributed by atoms with Crippen LogP contribution in [-0.4, -0.2) is 18.9 Å². The summed E-state index contributed by atoms with van der Waals surface area (Å²) in [5, 5.41) is 0. The topological polar surface area (TPSA) is 26.3 Å². The van der Waals surface area contributed by atoms with E-state index in [9.17, 15) is 4.57 Å². The van der Waals surface area contributed by atoms with Gasteiger partial charge in [0.1, 0.15) is 6.10 Å². The van der Waals surface area contributed by atoms with E-state index in [1.807, 2.05) is 6.08 Å². The first-order valence-corrected chi connectivity index (χ1v) is 5.27. The van der Waals surface area contributed by atoms with E-state index >= 15 is 0 Å². The van der Waals surface area contributed by atoms with E-state index in [1.54, 1.807) is 12.7 Å². The van der Waals surface area contributed by atoms with Crippen LogP contribution in [0.25, 0.3) is 0 Å². The van der Waals surface area contributed by atoms with E-state index in [2.05, 4.69) is 5.92 Å². The third-order valence-electron chi connectivity index (χ3n) is 1.25. The van der Waals surface area contributed by atoms with Crippen LogP contribution < -0.4 is 0 Å². The van der Waals surface area contributed by atoms with Gasteiger partial charge in [0.05, 0.1) is 0 Å². The van der Waals surface area contributed by atoms with Crippen molar-refractivity contribution < 1.29 is 9.09 Å². The maximum atomic E-state index is 11.2. The van der Waals surface area contributed by atoms with Crippen LogP contribution in [-0.2, 0) is 9.09 Å². The molecule has 0 N–H and O–H groups in total. The van der Waals surface area contributed by atoms with E-state index in [-0.39, 0.29) is 6.10 Å². The number of terminal acetylenes is 1. The molecule has 3 heteroatoms. The maximum absolute atomic E-state index is 11.2. The van der Waals surface area contributed by atoms with Gasteiger partial charge in [-0.15, -0.1) is 6.42 Å². The summed E-state index contributed by atoms with van der Waals surface area (Å²) in [6.45, 7) is 1.60. The summed E-state index contributed by atoms with van der Waals surface area (Å²) >= 11 is 0. The third kappa shape index (κ3) is 1.73. The molecule has 0 saturated heterocycles. The highest BCUT2D eigenvalue weighted by Gasteiger charge is 2.21. The molecule has 2 unspecified atom stereocenters. The molecule has 1 heterocycles. The molecule has 0 amide bonds. The van der Waals surface area contributed by atoms with Gasteiger partial charge in [0.15, 0.2) is 0 Å². The van der Waals surface area contributed by atoms with Gasteiger partial charge in [0.2, 0.25) is 7.37 Å². The van der Waals surface area contributed by atoms with E-state index in [4.69, 9.17) is 10.9 Å². The third-order valence-corrected chi connectivity index (χ3v) is 2.80. The van der Waals surface area contributed by atoms with Crippen molar-refractivity contribution in [1.29, 1.82) is 0 Å². The van der Waals surface area contributed by atoms with Gasteiger partial charge in [-0.2, -0.15) is 0 Å². The van der Waals surface area contributed by atoms with Crippen molar-refractivity contribution in [3.63, 3.8) is 0 Å². The average Bonchev–Trinajstić information content (AvgIpc) is 1.86. The first kappa shape index (κ1) is 7.60. The molecule has 0 aromatic heterocycles. The molecular formula is C7H9O2P. The summed E-state index contributed by atoms with van der Waals surface area (Å²) in [4.78, 5) is 0. The minimum Gasteiger partial charge on any atom is -0.308 e. The minimum atomic E-state index is -2.39. The van der Waals surface area contributed by atoms with Gasteiger partial charge in [-0.05, 0) is 6.08 Å². The molecule has 10 heavy (non-hydrogen) atoms. The molecule has 0 aromatic carbocycles. The largest absolute Gasteiger partial charge is 0.308 e. The lowest BCUT2D eigenvalue weighted by atomic mass is 10.3. The van der Waals surface area contributed by atoms with Crippen LogP contribution in [0.4, 0.5) is 0 Å². The predicted octanol–water partition coefficient (Wildman–Crippen LogP) is 1.48. The van der Waals surface area contributed by atoms with Crippen molar-refractivity contribution in [3.05, 3.63) is 12.2 Å². The highest BCUT2D eigenvalue weighted by Crippen LogP contribution is 2.45. The Morgan fingerprint density at radius 1 is 1.90 bits per heavy atom. The van der Waals surface area contributed by atoms with Crippen LogP contribution in [0.5, 0.6) is 0 Å². The first-order valence-electron chi connectivity index (χ1n) is 3.02. The van der Waals surface area contributed by atoms with E-state index in [0.717, 1.165) is 0 Å². The Bertz CT molecular complexity index is 236. The summed E-state index contributed by atoms with van der Waals surface area (Å²) in [6.07, 6.45) is 8.76. The smallest absolute Gasteiger partial charge is 0.205 e. The molecule has 0 bridgehead atoms. The Kier molecular flexibility index (Phi) is 1.99. The second-order valence-corrected chi connectivity index (χ2v) is 4.92. The lowest BCUT2D eigenvalue weighted by Gasteiger charge is -2.18. The number of rotatable bonds is 0. The van der Waals surface area contributed by atoms with Crippen LogP contribution >= 0.6 is 7.37 Å². The number of allylic oxidation sites excluding steroid dienone is 1. The zero-order chi connectivity index (χ0) is 7.61. The van der Waals surface area contributed by atoms with Gasteiger partial charge in [-0.25, -0.2) is 0 Å². The second-order valence-electron chi connectivity index (χ2n) is 2.32. The lowest BCUT2D eigenvalue weighted by molar-refractivity contribution is 0.302.